The van der Waals surface area contributed by atoms with Crippen molar-refractivity contribution in [2.24, 2.45) is 0 Å². The molecule has 0 saturated heterocycles. The molecular formula is C17H27N3O2. The summed E-state index contributed by atoms with van der Waals surface area (Å²) in [6.45, 7) is 7.62. The highest BCUT2D eigenvalue weighted by Gasteiger charge is 2.27. The number of amides is 1. The summed E-state index contributed by atoms with van der Waals surface area (Å²) in [7, 11) is 0. The molecule has 2 atom stereocenters. The molecule has 122 valence electrons. The van der Waals surface area contributed by atoms with Crippen molar-refractivity contribution in [2.45, 2.75) is 64.6 Å². The zero-order chi connectivity index (χ0) is 16.3. The topological polar surface area (TPSA) is 76.4 Å². The van der Waals surface area contributed by atoms with Gasteiger partial charge in [-0.25, -0.2) is 4.79 Å². The number of carbonyl (C=O) groups is 1. The molecule has 2 rings (SSSR count). The van der Waals surface area contributed by atoms with Crippen LogP contribution in [0.15, 0.2) is 18.2 Å². The third-order valence-electron chi connectivity index (χ3n) is 3.72. The summed E-state index contributed by atoms with van der Waals surface area (Å²) in [5.74, 6) is 0. The fourth-order valence-corrected chi connectivity index (χ4v) is 2.75. The number of hydrogen-bond acceptors (Lipinski definition) is 4. The van der Waals surface area contributed by atoms with Crippen LogP contribution >= 0.6 is 0 Å². The molecule has 5 nitrogen and oxygen atoms in total. The lowest BCUT2D eigenvalue weighted by Crippen LogP contribution is -2.38. The van der Waals surface area contributed by atoms with Gasteiger partial charge in [0, 0.05) is 12.1 Å². The number of hydrogen-bond donors (Lipinski definition) is 3. The Morgan fingerprint density at radius 3 is 2.59 bits per heavy atom. The third-order valence-corrected chi connectivity index (χ3v) is 3.72. The second-order valence-electron chi connectivity index (χ2n) is 7.09. The fourth-order valence-electron chi connectivity index (χ4n) is 2.75. The van der Waals surface area contributed by atoms with Gasteiger partial charge in [0.1, 0.15) is 5.60 Å². The van der Waals surface area contributed by atoms with Gasteiger partial charge in [-0.3, -0.25) is 0 Å². The largest absolute Gasteiger partial charge is 0.444 e. The van der Waals surface area contributed by atoms with Crippen molar-refractivity contribution in [2.75, 3.05) is 11.1 Å². The molecule has 5 heteroatoms. The average Bonchev–Trinajstić information content (AvgIpc) is 2.77. The molecule has 0 aliphatic heterocycles. The Labute approximate surface area is 132 Å². The Kier molecular flexibility index (Phi) is 4.84. The van der Waals surface area contributed by atoms with Crippen LogP contribution in [0.2, 0.25) is 0 Å². The molecule has 4 N–H and O–H groups in total. The van der Waals surface area contributed by atoms with E-state index in [2.05, 4.69) is 10.6 Å². The van der Waals surface area contributed by atoms with Crippen LogP contribution in [0.25, 0.3) is 0 Å². The summed E-state index contributed by atoms with van der Waals surface area (Å²) in [6.07, 6.45) is 2.50. The van der Waals surface area contributed by atoms with Crippen molar-refractivity contribution in [1.82, 2.24) is 5.32 Å². The summed E-state index contributed by atoms with van der Waals surface area (Å²) < 4.78 is 5.29. The first-order valence-corrected chi connectivity index (χ1v) is 7.85. The summed E-state index contributed by atoms with van der Waals surface area (Å²) >= 11 is 0. The van der Waals surface area contributed by atoms with Crippen LogP contribution in [0.3, 0.4) is 0 Å². The van der Waals surface area contributed by atoms with E-state index in [-0.39, 0.29) is 12.1 Å². The number of carbonyl (C=O) groups excluding carboxylic acids is 1. The van der Waals surface area contributed by atoms with Gasteiger partial charge < -0.3 is 21.1 Å². The van der Waals surface area contributed by atoms with E-state index in [4.69, 9.17) is 10.5 Å². The van der Waals surface area contributed by atoms with Gasteiger partial charge in [-0.15, -0.1) is 0 Å². The van der Waals surface area contributed by atoms with Crippen molar-refractivity contribution in [3.63, 3.8) is 0 Å². The van der Waals surface area contributed by atoms with Crippen LogP contribution in [0.1, 0.15) is 45.6 Å². The van der Waals surface area contributed by atoms with Crippen molar-refractivity contribution < 1.29 is 9.53 Å². The maximum atomic E-state index is 11.8. The fraction of sp³-hybridized carbons (Fsp3) is 0.588. The predicted octanol–water partition coefficient (Wildman–Crippen LogP) is 3.43. The zero-order valence-electron chi connectivity index (χ0n) is 13.9. The molecule has 1 aliphatic rings. The Bertz CT molecular complexity index is 537. The number of nitrogens with one attached hydrogen (secondary N) is 2. The second-order valence-corrected chi connectivity index (χ2v) is 7.09. The van der Waals surface area contributed by atoms with Crippen LogP contribution in [0.4, 0.5) is 16.2 Å². The van der Waals surface area contributed by atoms with Gasteiger partial charge >= 0.3 is 6.09 Å². The molecular weight excluding hydrogens is 278 g/mol. The summed E-state index contributed by atoms with van der Waals surface area (Å²) in [4.78, 5) is 11.8. The van der Waals surface area contributed by atoms with Crippen molar-refractivity contribution in [3.05, 3.63) is 23.8 Å². The average molecular weight is 305 g/mol. The zero-order valence-corrected chi connectivity index (χ0v) is 13.9. The molecule has 1 aliphatic carbocycles. The monoisotopic (exact) mass is 305 g/mol. The minimum Gasteiger partial charge on any atom is -0.444 e. The van der Waals surface area contributed by atoms with E-state index in [0.29, 0.717) is 6.04 Å². The van der Waals surface area contributed by atoms with E-state index < -0.39 is 5.60 Å². The summed E-state index contributed by atoms with van der Waals surface area (Å²) in [5.41, 5.74) is 8.46. The number of anilines is 2. The normalized spacial score (nSPS) is 21.5. The molecule has 1 aromatic rings. The molecule has 22 heavy (non-hydrogen) atoms. The van der Waals surface area contributed by atoms with E-state index in [1.165, 1.54) is 0 Å². The third kappa shape index (κ3) is 4.83. The van der Waals surface area contributed by atoms with Crippen molar-refractivity contribution in [1.29, 1.82) is 0 Å². The highest BCUT2D eigenvalue weighted by molar-refractivity contribution is 5.69. The first-order chi connectivity index (χ1) is 10.2. The van der Waals surface area contributed by atoms with E-state index in [1.807, 2.05) is 45.9 Å². The highest BCUT2D eigenvalue weighted by Crippen LogP contribution is 2.27. The van der Waals surface area contributed by atoms with E-state index in [0.717, 1.165) is 36.2 Å². The number of ether oxygens (including phenoxy) is 1. The minimum absolute atomic E-state index is 0.152. The Hall–Kier alpha value is -1.91. The lowest BCUT2D eigenvalue weighted by Gasteiger charge is -2.22. The van der Waals surface area contributed by atoms with Gasteiger partial charge in [-0.2, -0.15) is 0 Å². The molecule has 2 unspecified atom stereocenters. The molecule has 1 saturated carbocycles. The van der Waals surface area contributed by atoms with E-state index in [1.54, 1.807) is 0 Å². The lowest BCUT2D eigenvalue weighted by atomic mass is 10.1. The Morgan fingerprint density at radius 2 is 1.95 bits per heavy atom. The summed E-state index contributed by atoms with van der Waals surface area (Å²) in [5, 5.41) is 6.41. The molecule has 0 spiro atoms. The van der Waals surface area contributed by atoms with Gasteiger partial charge in [-0.05, 0) is 64.7 Å². The van der Waals surface area contributed by atoms with Crippen LogP contribution in [-0.2, 0) is 4.74 Å². The SMILES string of the molecule is Cc1ccc(NC2CCC(NC(=O)OC(C)(C)C)C2)c(N)c1. The number of alkyl carbamates (subject to hydrolysis) is 1. The van der Waals surface area contributed by atoms with Crippen LogP contribution < -0.4 is 16.4 Å². The number of nitrogen functional groups attached to an aromatic ring is 1. The predicted molar refractivity (Wildman–Crippen MR) is 90.0 cm³/mol. The van der Waals surface area contributed by atoms with Gasteiger partial charge in [0.25, 0.3) is 0 Å². The van der Waals surface area contributed by atoms with Gasteiger partial charge in [0.2, 0.25) is 0 Å². The lowest BCUT2D eigenvalue weighted by molar-refractivity contribution is 0.0505. The maximum Gasteiger partial charge on any atom is 0.407 e. The Balaban J connectivity index is 1.84. The number of rotatable bonds is 3. The van der Waals surface area contributed by atoms with Crippen LogP contribution in [-0.4, -0.2) is 23.8 Å². The van der Waals surface area contributed by atoms with E-state index >= 15 is 0 Å². The quantitative estimate of drug-likeness (QED) is 0.748. The van der Waals surface area contributed by atoms with Gasteiger partial charge in [0.15, 0.2) is 0 Å². The standard InChI is InChI=1S/C17H27N3O2/c1-11-5-8-15(14(18)9-11)19-12-6-7-13(10-12)20-16(21)22-17(2,3)4/h5,8-9,12-13,19H,6-7,10,18H2,1-4H3,(H,20,21). The Morgan fingerprint density at radius 1 is 1.27 bits per heavy atom. The molecule has 0 radical (unpaired) electrons. The van der Waals surface area contributed by atoms with Crippen molar-refractivity contribution in [3.8, 4) is 0 Å². The molecule has 0 bridgehead atoms. The molecule has 1 aromatic carbocycles. The first kappa shape index (κ1) is 16.5. The minimum atomic E-state index is -0.462. The van der Waals surface area contributed by atoms with Crippen LogP contribution in [0, 0.1) is 6.92 Å². The maximum absolute atomic E-state index is 11.8. The molecule has 0 heterocycles. The molecule has 1 fully saturated rings. The molecule has 1 amide bonds. The number of nitrogens with two attached hydrogens (primary N) is 1. The number of aryl methyl sites for hydroxylation is 1. The highest BCUT2D eigenvalue weighted by atomic mass is 16.6. The molecule has 0 aromatic heterocycles. The summed E-state index contributed by atoms with van der Waals surface area (Å²) in [6, 6.07) is 6.50. The van der Waals surface area contributed by atoms with Crippen LogP contribution in [0.5, 0.6) is 0 Å². The second kappa shape index (κ2) is 6.46. The van der Waals surface area contributed by atoms with Gasteiger partial charge in [0.05, 0.1) is 11.4 Å². The first-order valence-electron chi connectivity index (χ1n) is 7.85. The number of benzene rings is 1. The van der Waals surface area contributed by atoms with Crippen molar-refractivity contribution >= 4 is 17.5 Å². The van der Waals surface area contributed by atoms with E-state index in [9.17, 15) is 4.79 Å². The van der Waals surface area contributed by atoms with Gasteiger partial charge in [-0.1, -0.05) is 6.07 Å². The smallest absolute Gasteiger partial charge is 0.407 e.